The number of amides is 1. The Morgan fingerprint density at radius 1 is 0.889 bits per heavy atom. The molecule has 0 fully saturated rings. The molecule has 2 aromatic heterocycles. The number of aromatic nitrogens is 4. The molecule has 2 heterocycles. The van der Waals surface area contributed by atoms with Crippen LogP contribution in [0.2, 0.25) is 0 Å². The summed E-state index contributed by atoms with van der Waals surface area (Å²) in [5.41, 5.74) is 4.13. The van der Waals surface area contributed by atoms with E-state index >= 15 is 0 Å². The van der Waals surface area contributed by atoms with Crippen molar-refractivity contribution in [2.24, 2.45) is 0 Å². The Hall–Kier alpha value is -4.30. The van der Waals surface area contributed by atoms with Crippen molar-refractivity contribution >= 4 is 23.4 Å². The fourth-order valence-electron chi connectivity index (χ4n) is 3.71. The van der Waals surface area contributed by atoms with Gasteiger partial charge in [-0.15, -0.1) is 10.2 Å². The van der Waals surface area contributed by atoms with E-state index in [4.69, 9.17) is 0 Å². The monoisotopic (exact) mass is 495 g/mol. The average molecular weight is 496 g/mol. The van der Waals surface area contributed by atoms with Crippen LogP contribution < -0.4 is 5.32 Å². The van der Waals surface area contributed by atoms with Gasteiger partial charge in [-0.05, 0) is 61.0 Å². The van der Waals surface area contributed by atoms with E-state index in [1.54, 1.807) is 24.5 Å². The van der Waals surface area contributed by atoms with Gasteiger partial charge in [-0.3, -0.25) is 14.3 Å². The molecule has 1 amide bonds. The normalized spacial score (nSPS) is 11.7. The van der Waals surface area contributed by atoms with Crippen LogP contribution >= 0.6 is 11.8 Å². The van der Waals surface area contributed by atoms with E-state index in [0.29, 0.717) is 22.4 Å². The minimum absolute atomic E-state index is 0.186. The first-order chi connectivity index (χ1) is 17.6. The zero-order valence-electron chi connectivity index (χ0n) is 19.4. The quantitative estimate of drug-likeness (QED) is 0.270. The van der Waals surface area contributed by atoms with Crippen molar-refractivity contribution in [3.8, 4) is 17.1 Å². The van der Waals surface area contributed by atoms with Crippen LogP contribution in [-0.2, 0) is 4.79 Å². The number of carbonyl (C=O) groups is 1. The summed E-state index contributed by atoms with van der Waals surface area (Å²) in [5.74, 6) is 0.0394. The molecule has 5 aromatic rings. The molecule has 0 aliphatic heterocycles. The Morgan fingerprint density at radius 3 is 2.28 bits per heavy atom. The van der Waals surface area contributed by atoms with Crippen LogP contribution in [0.3, 0.4) is 0 Å². The van der Waals surface area contributed by atoms with Gasteiger partial charge in [0, 0.05) is 29.3 Å². The summed E-state index contributed by atoms with van der Waals surface area (Å²) < 4.78 is 15.5. The number of anilines is 1. The fraction of sp³-hybridized carbons (Fsp3) is 0.0714. The van der Waals surface area contributed by atoms with E-state index in [9.17, 15) is 9.18 Å². The van der Waals surface area contributed by atoms with Gasteiger partial charge in [0.15, 0.2) is 11.0 Å². The van der Waals surface area contributed by atoms with E-state index in [1.165, 1.54) is 23.9 Å². The third-order valence-electron chi connectivity index (χ3n) is 5.54. The van der Waals surface area contributed by atoms with Crippen molar-refractivity contribution in [3.05, 3.63) is 120 Å². The molecule has 3 aromatic carbocycles. The Morgan fingerprint density at radius 2 is 1.58 bits per heavy atom. The minimum Gasteiger partial charge on any atom is -0.325 e. The molecule has 1 N–H and O–H groups in total. The van der Waals surface area contributed by atoms with Crippen LogP contribution in [0, 0.1) is 12.7 Å². The fourth-order valence-corrected chi connectivity index (χ4v) is 4.76. The van der Waals surface area contributed by atoms with Crippen LogP contribution in [-0.4, -0.2) is 25.7 Å². The average Bonchev–Trinajstić information content (AvgIpc) is 3.33. The molecular formula is C28H22FN5OS. The van der Waals surface area contributed by atoms with Gasteiger partial charge in [-0.2, -0.15) is 0 Å². The number of carbonyl (C=O) groups excluding carboxylic acids is 1. The van der Waals surface area contributed by atoms with Crippen molar-refractivity contribution in [2.45, 2.75) is 17.3 Å². The standard InChI is InChI=1S/C28H22FN5OS/c1-19-7-11-23(12-8-19)31-27(35)25(20-5-3-2-4-6-20)36-28-33-32-26(21-15-17-30-18-16-21)34(28)24-13-9-22(29)10-14-24/h2-18,25H,1H3,(H,31,35). The summed E-state index contributed by atoms with van der Waals surface area (Å²) in [5, 5.41) is 11.8. The zero-order valence-corrected chi connectivity index (χ0v) is 20.2. The van der Waals surface area contributed by atoms with Crippen LogP contribution in [0.15, 0.2) is 109 Å². The lowest BCUT2D eigenvalue weighted by molar-refractivity contribution is -0.115. The van der Waals surface area contributed by atoms with Crippen molar-refractivity contribution < 1.29 is 9.18 Å². The molecule has 0 saturated carbocycles. The minimum atomic E-state index is -0.610. The summed E-state index contributed by atoms with van der Waals surface area (Å²) in [6.07, 6.45) is 3.35. The summed E-state index contributed by atoms with van der Waals surface area (Å²) in [7, 11) is 0. The van der Waals surface area contributed by atoms with E-state index in [1.807, 2.05) is 78.2 Å². The van der Waals surface area contributed by atoms with Gasteiger partial charge in [0.05, 0.1) is 0 Å². The van der Waals surface area contributed by atoms with E-state index < -0.39 is 5.25 Å². The number of nitrogens with zero attached hydrogens (tertiary/aromatic N) is 4. The first kappa shape index (κ1) is 23.4. The van der Waals surface area contributed by atoms with Gasteiger partial charge < -0.3 is 5.32 Å². The number of aryl methyl sites for hydroxylation is 1. The van der Waals surface area contributed by atoms with Gasteiger partial charge in [-0.25, -0.2) is 4.39 Å². The molecule has 1 atom stereocenters. The number of halogens is 1. The molecule has 8 heteroatoms. The Bertz CT molecular complexity index is 1460. The Labute approximate surface area is 212 Å². The van der Waals surface area contributed by atoms with Crippen LogP contribution in [0.25, 0.3) is 17.1 Å². The van der Waals surface area contributed by atoms with Crippen molar-refractivity contribution in [2.75, 3.05) is 5.32 Å². The molecule has 0 aliphatic carbocycles. The first-order valence-corrected chi connectivity index (χ1v) is 12.2. The highest BCUT2D eigenvalue weighted by Gasteiger charge is 2.27. The number of nitrogens with one attached hydrogen (secondary N) is 1. The third kappa shape index (κ3) is 5.18. The lowest BCUT2D eigenvalue weighted by Crippen LogP contribution is -2.19. The largest absolute Gasteiger partial charge is 0.325 e. The van der Waals surface area contributed by atoms with Crippen molar-refractivity contribution in [1.29, 1.82) is 0 Å². The second-order valence-corrected chi connectivity index (χ2v) is 9.19. The SMILES string of the molecule is Cc1ccc(NC(=O)C(Sc2nnc(-c3ccncc3)n2-c2ccc(F)cc2)c2ccccc2)cc1. The second-order valence-electron chi connectivity index (χ2n) is 8.12. The molecule has 36 heavy (non-hydrogen) atoms. The first-order valence-electron chi connectivity index (χ1n) is 11.3. The van der Waals surface area contributed by atoms with Gasteiger partial charge in [0.25, 0.3) is 0 Å². The lowest BCUT2D eigenvalue weighted by atomic mass is 10.1. The number of hydrogen-bond acceptors (Lipinski definition) is 5. The van der Waals surface area contributed by atoms with Gasteiger partial charge in [-0.1, -0.05) is 59.8 Å². The predicted molar refractivity (Wildman–Crippen MR) is 139 cm³/mol. The smallest absolute Gasteiger partial charge is 0.242 e. The summed E-state index contributed by atoms with van der Waals surface area (Å²) in [4.78, 5) is 17.6. The predicted octanol–water partition coefficient (Wildman–Crippen LogP) is 6.25. The highest BCUT2D eigenvalue weighted by Crippen LogP contribution is 2.38. The molecule has 0 saturated heterocycles. The highest BCUT2D eigenvalue weighted by atomic mass is 32.2. The van der Waals surface area contributed by atoms with Crippen LogP contribution in [0.1, 0.15) is 16.4 Å². The zero-order chi connectivity index (χ0) is 24.9. The van der Waals surface area contributed by atoms with Crippen molar-refractivity contribution in [3.63, 3.8) is 0 Å². The Balaban J connectivity index is 1.56. The highest BCUT2D eigenvalue weighted by molar-refractivity contribution is 8.00. The topological polar surface area (TPSA) is 72.7 Å². The molecular weight excluding hydrogens is 473 g/mol. The molecule has 178 valence electrons. The number of pyridine rings is 1. The molecule has 6 nitrogen and oxygen atoms in total. The third-order valence-corrected chi connectivity index (χ3v) is 6.74. The second kappa shape index (κ2) is 10.5. The Kier molecular flexibility index (Phi) is 6.86. The number of thioether (sulfide) groups is 1. The number of rotatable bonds is 7. The number of hydrogen-bond donors (Lipinski definition) is 1. The molecule has 0 aliphatic rings. The summed E-state index contributed by atoms with van der Waals surface area (Å²) in [6, 6.07) is 26.9. The van der Waals surface area contributed by atoms with Crippen molar-refractivity contribution in [1.82, 2.24) is 19.7 Å². The molecule has 1 unspecified atom stereocenters. The van der Waals surface area contributed by atoms with E-state index in [2.05, 4.69) is 20.5 Å². The molecule has 0 radical (unpaired) electrons. The molecule has 5 rings (SSSR count). The summed E-state index contributed by atoms with van der Waals surface area (Å²) >= 11 is 1.28. The lowest BCUT2D eigenvalue weighted by Gasteiger charge is -2.18. The van der Waals surface area contributed by atoms with E-state index in [0.717, 1.165) is 16.7 Å². The van der Waals surface area contributed by atoms with Gasteiger partial charge in [0.1, 0.15) is 11.1 Å². The number of benzene rings is 3. The summed E-state index contributed by atoms with van der Waals surface area (Å²) in [6.45, 7) is 2.00. The maximum atomic E-state index is 13.7. The maximum Gasteiger partial charge on any atom is 0.242 e. The molecule has 0 spiro atoms. The van der Waals surface area contributed by atoms with Crippen LogP contribution in [0.5, 0.6) is 0 Å². The van der Waals surface area contributed by atoms with Gasteiger partial charge >= 0.3 is 0 Å². The van der Waals surface area contributed by atoms with Gasteiger partial charge in [0.2, 0.25) is 5.91 Å². The van der Waals surface area contributed by atoms with E-state index in [-0.39, 0.29) is 11.7 Å². The molecule has 0 bridgehead atoms. The maximum absolute atomic E-state index is 13.7. The van der Waals surface area contributed by atoms with Crippen LogP contribution in [0.4, 0.5) is 10.1 Å².